The van der Waals surface area contributed by atoms with Crippen molar-refractivity contribution in [3.8, 4) is 0 Å². The smallest absolute Gasteiger partial charge is 0.0663 e. The van der Waals surface area contributed by atoms with E-state index in [4.69, 9.17) is 4.74 Å². The minimum atomic E-state index is 0.384. The van der Waals surface area contributed by atoms with Crippen LogP contribution in [0.3, 0.4) is 0 Å². The van der Waals surface area contributed by atoms with Crippen molar-refractivity contribution in [2.24, 2.45) is 0 Å². The number of rotatable bonds is 8. The first kappa shape index (κ1) is 14.8. The molecule has 1 aromatic rings. The molecule has 102 valence electrons. The van der Waals surface area contributed by atoms with Crippen molar-refractivity contribution >= 4 is 11.4 Å². The van der Waals surface area contributed by atoms with Gasteiger partial charge in [-0.25, -0.2) is 0 Å². The highest BCUT2D eigenvalue weighted by Crippen LogP contribution is 2.18. The Morgan fingerprint density at radius 2 is 1.72 bits per heavy atom. The number of nitrogens with one attached hydrogen (secondary N) is 1. The Morgan fingerprint density at radius 3 is 2.17 bits per heavy atom. The second-order valence-corrected chi connectivity index (χ2v) is 4.42. The molecule has 3 heteroatoms. The molecule has 0 aliphatic carbocycles. The molecule has 3 nitrogen and oxygen atoms in total. The van der Waals surface area contributed by atoms with E-state index >= 15 is 0 Å². The van der Waals surface area contributed by atoms with E-state index in [0.29, 0.717) is 6.04 Å². The lowest BCUT2D eigenvalue weighted by Gasteiger charge is -2.22. The van der Waals surface area contributed by atoms with Gasteiger partial charge in [-0.15, -0.1) is 0 Å². The summed E-state index contributed by atoms with van der Waals surface area (Å²) in [7, 11) is 1.74. The highest BCUT2D eigenvalue weighted by atomic mass is 16.5. The third-order valence-electron chi connectivity index (χ3n) is 3.23. The minimum absolute atomic E-state index is 0.384. The zero-order valence-electron chi connectivity index (χ0n) is 12.1. The standard InChI is InChI=1S/C15H26N2O/c1-5-13(12-18-4)16-14-8-10-15(11-9-14)17(6-2)7-3/h8-11,13,16H,5-7,12H2,1-4H3. The number of ether oxygens (including phenoxy) is 1. The van der Waals surface area contributed by atoms with Crippen LogP contribution in [-0.2, 0) is 4.74 Å². The van der Waals surface area contributed by atoms with E-state index in [9.17, 15) is 0 Å². The molecule has 0 spiro atoms. The average Bonchev–Trinajstić information content (AvgIpc) is 2.41. The van der Waals surface area contributed by atoms with Gasteiger partial charge in [0, 0.05) is 37.6 Å². The Labute approximate surface area is 111 Å². The lowest BCUT2D eigenvalue weighted by atomic mass is 10.2. The molecule has 1 atom stereocenters. The highest BCUT2D eigenvalue weighted by Gasteiger charge is 2.06. The molecule has 0 fully saturated rings. The predicted molar refractivity (Wildman–Crippen MR) is 79.6 cm³/mol. The quantitative estimate of drug-likeness (QED) is 0.765. The fourth-order valence-electron chi connectivity index (χ4n) is 2.06. The van der Waals surface area contributed by atoms with Crippen molar-refractivity contribution in [3.63, 3.8) is 0 Å². The van der Waals surface area contributed by atoms with E-state index in [1.54, 1.807) is 7.11 Å². The molecule has 0 aliphatic rings. The molecule has 0 saturated heterocycles. The number of benzene rings is 1. The molecule has 0 heterocycles. The molecular weight excluding hydrogens is 224 g/mol. The molecule has 0 aliphatic heterocycles. The number of anilines is 2. The van der Waals surface area contributed by atoms with E-state index in [1.807, 2.05) is 0 Å². The van der Waals surface area contributed by atoms with Gasteiger partial charge < -0.3 is 15.0 Å². The summed E-state index contributed by atoms with van der Waals surface area (Å²) in [6.07, 6.45) is 1.06. The van der Waals surface area contributed by atoms with Gasteiger partial charge in [0.15, 0.2) is 0 Å². The van der Waals surface area contributed by atoms with Gasteiger partial charge in [0.1, 0.15) is 0 Å². The maximum absolute atomic E-state index is 5.19. The van der Waals surface area contributed by atoms with E-state index < -0.39 is 0 Å². The van der Waals surface area contributed by atoms with Gasteiger partial charge in [-0.1, -0.05) is 6.92 Å². The summed E-state index contributed by atoms with van der Waals surface area (Å²) in [5.74, 6) is 0. The molecule has 0 saturated carbocycles. The van der Waals surface area contributed by atoms with Crippen LogP contribution in [0.4, 0.5) is 11.4 Å². The summed E-state index contributed by atoms with van der Waals surface area (Å²) >= 11 is 0. The van der Waals surface area contributed by atoms with Crippen molar-refractivity contribution in [2.75, 3.05) is 37.0 Å². The van der Waals surface area contributed by atoms with Crippen molar-refractivity contribution in [2.45, 2.75) is 33.2 Å². The van der Waals surface area contributed by atoms with Crippen LogP contribution in [0.1, 0.15) is 27.2 Å². The Kier molecular flexibility index (Phi) is 6.58. The van der Waals surface area contributed by atoms with E-state index in [-0.39, 0.29) is 0 Å². The summed E-state index contributed by atoms with van der Waals surface area (Å²) in [6, 6.07) is 9.02. The van der Waals surface area contributed by atoms with Crippen LogP contribution >= 0.6 is 0 Å². The van der Waals surface area contributed by atoms with Crippen LogP contribution in [0, 0.1) is 0 Å². The summed E-state index contributed by atoms with van der Waals surface area (Å²) in [6.45, 7) is 9.37. The number of hydrogen-bond donors (Lipinski definition) is 1. The molecule has 1 unspecified atom stereocenters. The number of methoxy groups -OCH3 is 1. The van der Waals surface area contributed by atoms with Gasteiger partial charge in [0.25, 0.3) is 0 Å². The third kappa shape index (κ3) is 4.22. The Hall–Kier alpha value is -1.22. The van der Waals surface area contributed by atoms with Gasteiger partial charge in [-0.2, -0.15) is 0 Å². The van der Waals surface area contributed by atoms with Crippen molar-refractivity contribution in [1.82, 2.24) is 0 Å². The SMILES string of the molecule is CCC(COC)Nc1ccc(N(CC)CC)cc1. The second kappa shape index (κ2) is 7.98. The fraction of sp³-hybridized carbons (Fsp3) is 0.600. The fourth-order valence-corrected chi connectivity index (χ4v) is 2.06. The van der Waals surface area contributed by atoms with E-state index in [2.05, 4.69) is 55.3 Å². The lowest BCUT2D eigenvalue weighted by molar-refractivity contribution is 0.184. The first-order valence-corrected chi connectivity index (χ1v) is 6.85. The van der Waals surface area contributed by atoms with Gasteiger partial charge >= 0.3 is 0 Å². The molecule has 18 heavy (non-hydrogen) atoms. The Morgan fingerprint density at radius 1 is 1.11 bits per heavy atom. The average molecular weight is 250 g/mol. The lowest BCUT2D eigenvalue weighted by Crippen LogP contribution is -2.24. The molecule has 1 aromatic carbocycles. The topological polar surface area (TPSA) is 24.5 Å². The van der Waals surface area contributed by atoms with Crippen LogP contribution < -0.4 is 10.2 Å². The molecule has 0 radical (unpaired) electrons. The molecule has 0 amide bonds. The summed E-state index contributed by atoms with van der Waals surface area (Å²) in [5.41, 5.74) is 2.44. The first-order valence-electron chi connectivity index (χ1n) is 6.85. The van der Waals surface area contributed by atoms with Crippen LogP contribution in [0.2, 0.25) is 0 Å². The van der Waals surface area contributed by atoms with E-state index in [0.717, 1.165) is 31.8 Å². The Bertz CT molecular complexity index is 320. The summed E-state index contributed by atoms with van der Waals surface area (Å²) in [4.78, 5) is 2.34. The largest absolute Gasteiger partial charge is 0.383 e. The predicted octanol–water partition coefficient (Wildman–Crippen LogP) is 3.37. The number of nitrogens with zero attached hydrogens (tertiary/aromatic N) is 1. The first-order chi connectivity index (χ1) is 8.74. The van der Waals surface area contributed by atoms with Crippen LogP contribution in [0.5, 0.6) is 0 Å². The maximum Gasteiger partial charge on any atom is 0.0663 e. The zero-order chi connectivity index (χ0) is 13.4. The monoisotopic (exact) mass is 250 g/mol. The van der Waals surface area contributed by atoms with Gasteiger partial charge in [-0.05, 0) is 44.5 Å². The van der Waals surface area contributed by atoms with Crippen molar-refractivity contribution in [3.05, 3.63) is 24.3 Å². The van der Waals surface area contributed by atoms with Crippen molar-refractivity contribution in [1.29, 1.82) is 0 Å². The zero-order valence-corrected chi connectivity index (χ0v) is 12.1. The third-order valence-corrected chi connectivity index (χ3v) is 3.23. The summed E-state index contributed by atoms with van der Waals surface area (Å²) in [5, 5.41) is 3.49. The minimum Gasteiger partial charge on any atom is -0.383 e. The highest BCUT2D eigenvalue weighted by molar-refractivity contribution is 5.55. The molecule has 0 aromatic heterocycles. The molecular formula is C15H26N2O. The number of hydrogen-bond acceptors (Lipinski definition) is 3. The van der Waals surface area contributed by atoms with Gasteiger partial charge in [-0.3, -0.25) is 0 Å². The normalized spacial score (nSPS) is 12.2. The van der Waals surface area contributed by atoms with Gasteiger partial charge in [0.05, 0.1) is 6.61 Å². The molecule has 1 N–H and O–H groups in total. The molecule has 1 rings (SSSR count). The van der Waals surface area contributed by atoms with Crippen molar-refractivity contribution < 1.29 is 4.74 Å². The van der Waals surface area contributed by atoms with Gasteiger partial charge in [0.2, 0.25) is 0 Å². The molecule has 0 bridgehead atoms. The van der Waals surface area contributed by atoms with Crippen LogP contribution in [0.15, 0.2) is 24.3 Å². The van der Waals surface area contributed by atoms with Crippen LogP contribution in [-0.4, -0.2) is 32.8 Å². The van der Waals surface area contributed by atoms with E-state index in [1.165, 1.54) is 5.69 Å². The summed E-state index contributed by atoms with van der Waals surface area (Å²) < 4.78 is 5.19. The second-order valence-electron chi connectivity index (χ2n) is 4.42. The maximum atomic E-state index is 5.19. The Balaban J connectivity index is 2.64. The van der Waals surface area contributed by atoms with Crippen LogP contribution in [0.25, 0.3) is 0 Å².